The van der Waals surface area contributed by atoms with E-state index in [0.717, 1.165) is 19.5 Å². The minimum Gasteiger partial charge on any atom is -0.424 e. The van der Waals surface area contributed by atoms with E-state index in [0.29, 0.717) is 24.2 Å². The molecule has 1 N–H and O–H groups in total. The van der Waals surface area contributed by atoms with E-state index in [1.54, 1.807) is 6.92 Å². The zero-order valence-corrected chi connectivity index (χ0v) is 10.1. The summed E-state index contributed by atoms with van der Waals surface area (Å²) in [7, 11) is 0. The zero-order chi connectivity index (χ0) is 11.8. The maximum atomic E-state index is 9.93. The van der Waals surface area contributed by atoms with Gasteiger partial charge < -0.3 is 9.52 Å². The van der Waals surface area contributed by atoms with Gasteiger partial charge in [-0.05, 0) is 26.8 Å². The number of nitrogens with zero attached hydrogens (tertiary/aromatic N) is 3. The summed E-state index contributed by atoms with van der Waals surface area (Å²) in [6.45, 7) is 8.10. The summed E-state index contributed by atoms with van der Waals surface area (Å²) in [6.07, 6.45) is 1.02. The summed E-state index contributed by atoms with van der Waals surface area (Å²) < 4.78 is 5.34. The normalized spacial score (nSPS) is 22.9. The summed E-state index contributed by atoms with van der Waals surface area (Å²) in [6, 6.07) is 0. The van der Waals surface area contributed by atoms with Crippen LogP contribution in [0.4, 0.5) is 0 Å². The third-order valence-electron chi connectivity index (χ3n) is 3.20. The Balaban J connectivity index is 1.90. The lowest BCUT2D eigenvalue weighted by molar-refractivity contribution is 0.0204. The van der Waals surface area contributed by atoms with E-state index in [1.807, 2.05) is 13.8 Å². The molecule has 2 rings (SSSR count). The van der Waals surface area contributed by atoms with Crippen molar-refractivity contribution in [1.82, 2.24) is 15.1 Å². The van der Waals surface area contributed by atoms with Crippen molar-refractivity contribution < 1.29 is 9.52 Å². The van der Waals surface area contributed by atoms with Gasteiger partial charge in [0.1, 0.15) is 0 Å². The van der Waals surface area contributed by atoms with Gasteiger partial charge in [-0.2, -0.15) is 0 Å². The Labute approximate surface area is 95.5 Å². The molecule has 0 amide bonds. The van der Waals surface area contributed by atoms with E-state index >= 15 is 0 Å². The van der Waals surface area contributed by atoms with Gasteiger partial charge in [-0.15, -0.1) is 10.2 Å². The van der Waals surface area contributed by atoms with Crippen LogP contribution in [0.25, 0.3) is 0 Å². The van der Waals surface area contributed by atoms with Gasteiger partial charge in [-0.3, -0.25) is 4.90 Å². The van der Waals surface area contributed by atoms with Gasteiger partial charge in [-0.25, -0.2) is 0 Å². The Hall–Kier alpha value is -0.940. The molecule has 0 aromatic carbocycles. The molecule has 1 saturated heterocycles. The Morgan fingerprint density at radius 1 is 1.50 bits per heavy atom. The second kappa shape index (κ2) is 4.14. The van der Waals surface area contributed by atoms with E-state index in [9.17, 15) is 5.11 Å². The highest BCUT2D eigenvalue weighted by Crippen LogP contribution is 2.27. The molecule has 1 unspecified atom stereocenters. The minimum absolute atomic E-state index is 0.330. The summed E-state index contributed by atoms with van der Waals surface area (Å²) in [5.74, 6) is 1.60. The van der Waals surface area contributed by atoms with Gasteiger partial charge in [0.25, 0.3) is 0 Å². The van der Waals surface area contributed by atoms with Crippen LogP contribution in [0.5, 0.6) is 0 Å². The molecule has 1 aromatic heterocycles. The molecule has 1 atom stereocenters. The summed E-state index contributed by atoms with van der Waals surface area (Å²) in [4.78, 5) is 2.25. The highest BCUT2D eigenvalue weighted by Gasteiger charge is 2.33. The van der Waals surface area contributed by atoms with Crippen LogP contribution >= 0.6 is 0 Å². The minimum atomic E-state index is -0.598. The van der Waals surface area contributed by atoms with Gasteiger partial charge in [0.2, 0.25) is 11.8 Å². The summed E-state index contributed by atoms with van der Waals surface area (Å²) in [5.41, 5.74) is -0.598. The molecule has 90 valence electrons. The van der Waals surface area contributed by atoms with E-state index in [2.05, 4.69) is 15.1 Å². The zero-order valence-electron chi connectivity index (χ0n) is 10.1. The third-order valence-corrected chi connectivity index (χ3v) is 3.20. The number of aromatic nitrogens is 2. The van der Waals surface area contributed by atoms with Crippen LogP contribution in [0.1, 0.15) is 32.0 Å². The third kappa shape index (κ3) is 2.59. The Morgan fingerprint density at radius 2 is 2.25 bits per heavy atom. The number of aliphatic hydroxyl groups is 1. The molecule has 16 heavy (non-hydrogen) atoms. The summed E-state index contributed by atoms with van der Waals surface area (Å²) in [5, 5.41) is 17.7. The largest absolute Gasteiger partial charge is 0.424 e. The van der Waals surface area contributed by atoms with Crippen LogP contribution < -0.4 is 0 Å². The molecular weight excluding hydrogens is 206 g/mol. The monoisotopic (exact) mass is 225 g/mol. The number of hydrogen-bond acceptors (Lipinski definition) is 5. The quantitative estimate of drug-likeness (QED) is 0.830. The fraction of sp³-hybridized carbons (Fsp3) is 0.818. The highest BCUT2D eigenvalue weighted by molar-refractivity contribution is 4.88. The molecule has 5 heteroatoms. The number of hydrogen-bond donors (Lipinski definition) is 1. The first-order chi connectivity index (χ1) is 7.45. The average molecular weight is 225 g/mol. The molecule has 1 aliphatic heterocycles. The first-order valence-corrected chi connectivity index (χ1v) is 5.69. The van der Waals surface area contributed by atoms with Crippen LogP contribution in [-0.4, -0.2) is 38.9 Å². The van der Waals surface area contributed by atoms with Crippen molar-refractivity contribution in [3.05, 3.63) is 11.8 Å². The van der Waals surface area contributed by atoms with E-state index in [4.69, 9.17) is 4.42 Å². The molecule has 0 saturated carbocycles. The van der Waals surface area contributed by atoms with Crippen LogP contribution in [0, 0.1) is 12.8 Å². The Bertz CT molecular complexity index is 356. The lowest BCUT2D eigenvalue weighted by Crippen LogP contribution is -2.33. The van der Waals surface area contributed by atoms with Crippen molar-refractivity contribution in [2.24, 2.45) is 5.92 Å². The molecule has 2 heterocycles. The van der Waals surface area contributed by atoms with Crippen LogP contribution in [0.3, 0.4) is 0 Å². The van der Waals surface area contributed by atoms with Crippen LogP contribution in [0.2, 0.25) is 0 Å². The maximum Gasteiger partial charge on any atom is 0.230 e. The van der Waals surface area contributed by atoms with Gasteiger partial charge in [0, 0.05) is 19.4 Å². The predicted molar refractivity (Wildman–Crippen MR) is 58.7 cm³/mol. The molecule has 0 aliphatic carbocycles. The summed E-state index contributed by atoms with van der Waals surface area (Å²) >= 11 is 0. The smallest absolute Gasteiger partial charge is 0.230 e. The fourth-order valence-electron chi connectivity index (χ4n) is 2.15. The number of rotatable bonds is 3. The first-order valence-electron chi connectivity index (χ1n) is 5.69. The number of aryl methyl sites for hydroxylation is 1. The topological polar surface area (TPSA) is 62.4 Å². The maximum absolute atomic E-state index is 9.93. The molecule has 5 nitrogen and oxygen atoms in total. The highest BCUT2D eigenvalue weighted by atomic mass is 16.4. The van der Waals surface area contributed by atoms with Crippen molar-refractivity contribution >= 4 is 0 Å². The molecule has 1 aliphatic rings. The Kier molecular flexibility index (Phi) is 2.99. The van der Waals surface area contributed by atoms with Gasteiger partial charge in [0.15, 0.2) is 0 Å². The lowest BCUT2D eigenvalue weighted by atomic mass is 9.90. The Morgan fingerprint density at radius 3 is 2.75 bits per heavy atom. The second-order valence-electron chi connectivity index (χ2n) is 5.09. The fourth-order valence-corrected chi connectivity index (χ4v) is 2.15. The van der Waals surface area contributed by atoms with Crippen molar-refractivity contribution in [2.45, 2.75) is 39.3 Å². The van der Waals surface area contributed by atoms with E-state index < -0.39 is 5.60 Å². The van der Waals surface area contributed by atoms with Crippen molar-refractivity contribution in [2.75, 3.05) is 13.1 Å². The standard InChI is InChI=1S/C11H19N3O2/c1-8-12-13-10(16-8)7-14-5-4-9(6-14)11(2,3)15/h9,15H,4-7H2,1-3H3. The average Bonchev–Trinajstić information content (AvgIpc) is 2.74. The SMILES string of the molecule is Cc1nnc(CN2CCC(C(C)(C)O)C2)o1. The van der Waals surface area contributed by atoms with Crippen LogP contribution in [0.15, 0.2) is 4.42 Å². The van der Waals surface area contributed by atoms with E-state index in [-0.39, 0.29) is 0 Å². The lowest BCUT2D eigenvalue weighted by Gasteiger charge is -2.25. The van der Waals surface area contributed by atoms with Crippen molar-refractivity contribution in [3.8, 4) is 0 Å². The molecule has 1 aromatic rings. The first kappa shape index (κ1) is 11.5. The van der Waals surface area contributed by atoms with E-state index in [1.165, 1.54) is 0 Å². The molecule has 0 bridgehead atoms. The van der Waals surface area contributed by atoms with Crippen molar-refractivity contribution in [1.29, 1.82) is 0 Å². The molecule has 0 spiro atoms. The molecular formula is C11H19N3O2. The number of likely N-dealkylation sites (tertiary alicyclic amines) is 1. The van der Waals surface area contributed by atoms with Crippen molar-refractivity contribution in [3.63, 3.8) is 0 Å². The van der Waals surface area contributed by atoms with Crippen LogP contribution in [-0.2, 0) is 6.54 Å². The molecule has 1 fully saturated rings. The van der Waals surface area contributed by atoms with Gasteiger partial charge in [-0.1, -0.05) is 0 Å². The van der Waals surface area contributed by atoms with Gasteiger partial charge >= 0.3 is 0 Å². The second-order valence-corrected chi connectivity index (χ2v) is 5.09. The molecule has 0 radical (unpaired) electrons. The van der Waals surface area contributed by atoms with Gasteiger partial charge in [0.05, 0.1) is 12.1 Å². The predicted octanol–water partition coefficient (Wildman–Crippen LogP) is 0.971.